The highest BCUT2D eigenvalue weighted by molar-refractivity contribution is 8.00. The first kappa shape index (κ1) is 13.7. The van der Waals surface area contributed by atoms with Crippen molar-refractivity contribution in [1.82, 2.24) is 4.31 Å². The van der Waals surface area contributed by atoms with Crippen LogP contribution >= 0.6 is 11.8 Å². The molecule has 1 aromatic carbocycles. The van der Waals surface area contributed by atoms with Gasteiger partial charge in [-0.1, -0.05) is 6.07 Å². The second kappa shape index (κ2) is 5.50. The summed E-state index contributed by atoms with van der Waals surface area (Å²) in [7, 11) is -1.42. The summed E-state index contributed by atoms with van der Waals surface area (Å²) in [6.07, 6.45) is 2.00. The molecule has 0 bridgehead atoms. The lowest BCUT2D eigenvalue weighted by molar-refractivity contribution is 0.465. The lowest BCUT2D eigenvalue weighted by Gasteiger charge is -2.15. The summed E-state index contributed by atoms with van der Waals surface area (Å²) in [6.45, 7) is 0. The van der Waals surface area contributed by atoms with Crippen molar-refractivity contribution in [2.24, 2.45) is 0 Å². The van der Waals surface area contributed by atoms with Crippen molar-refractivity contribution in [2.75, 3.05) is 24.3 Å². The van der Waals surface area contributed by atoms with Crippen molar-refractivity contribution in [3.63, 3.8) is 0 Å². The lowest BCUT2D eigenvalue weighted by Crippen LogP contribution is -2.31. The molecule has 0 aromatic heterocycles. The highest BCUT2D eigenvalue weighted by atomic mass is 32.2. The van der Waals surface area contributed by atoms with E-state index in [4.69, 9.17) is 5.73 Å². The summed E-state index contributed by atoms with van der Waals surface area (Å²) in [5, 5.41) is 0. The second-order valence-electron chi connectivity index (χ2n) is 4.48. The first-order chi connectivity index (χ1) is 8.49. The number of sulfonamides is 1. The molecule has 0 unspecified atom stereocenters. The standard InChI is InChI=1S/C12H18N2O2S2/c1-14(11-5-6-11)18(15,16)8-7-17-12-4-2-3-10(13)9-12/h2-4,9,11H,5-8,13H2,1H3. The molecule has 2 rings (SSSR count). The zero-order valence-corrected chi connectivity index (χ0v) is 12.0. The highest BCUT2D eigenvalue weighted by Gasteiger charge is 2.33. The molecule has 0 aliphatic heterocycles. The molecule has 0 atom stereocenters. The molecule has 6 heteroatoms. The van der Waals surface area contributed by atoms with Crippen LogP contribution in [0.2, 0.25) is 0 Å². The van der Waals surface area contributed by atoms with E-state index in [-0.39, 0.29) is 11.8 Å². The third kappa shape index (κ3) is 3.63. The van der Waals surface area contributed by atoms with E-state index in [1.54, 1.807) is 7.05 Å². The number of nitrogens with zero attached hydrogens (tertiary/aromatic N) is 1. The van der Waals surface area contributed by atoms with Gasteiger partial charge in [-0.3, -0.25) is 0 Å². The zero-order chi connectivity index (χ0) is 13.2. The number of nitrogen functional groups attached to an aromatic ring is 1. The van der Waals surface area contributed by atoms with E-state index >= 15 is 0 Å². The van der Waals surface area contributed by atoms with Crippen LogP contribution in [0.5, 0.6) is 0 Å². The third-order valence-corrected chi connectivity index (χ3v) is 6.12. The molecule has 1 aromatic rings. The summed E-state index contributed by atoms with van der Waals surface area (Å²) in [6, 6.07) is 7.75. The van der Waals surface area contributed by atoms with Gasteiger partial charge < -0.3 is 5.73 Å². The van der Waals surface area contributed by atoms with Gasteiger partial charge in [0.2, 0.25) is 10.0 Å². The molecule has 1 aliphatic rings. The van der Waals surface area contributed by atoms with Crippen LogP contribution < -0.4 is 5.73 Å². The van der Waals surface area contributed by atoms with Gasteiger partial charge in [0.05, 0.1) is 5.75 Å². The topological polar surface area (TPSA) is 63.4 Å². The van der Waals surface area contributed by atoms with E-state index in [1.165, 1.54) is 16.1 Å². The molecule has 0 amide bonds. The molecule has 1 fully saturated rings. The molecule has 2 N–H and O–H groups in total. The number of thioether (sulfide) groups is 1. The third-order valence-electron chi connectivity index (χ3n) is 2.97. The predicted octanol–water partition coefficient (Wildman–Crippen LogP) is 1.78. The molecule has 0 radical (unpaired) electrons. The van der Waals surface area contributed by atoms with Gasteiger partial charge in [-0.25, -0.2) is 12.7 Å². The maximum atomic E-state index is 12.0. The molecule has 1 aliphatic carbocycles. The van der Waals surface area contributed by atoms with Gasteiger partial charge >= 0.3 is 0 Å². The normalized spacial score (nSPS) is 16.1. The number of benzene rings is 1. The van der Waals surface area contributed by atoms with E-state index in [1.807, 2.05) is 24.3 Å². The molecule has 100 valence electrons. The molecule has 1 saturated carbocycles. The van der Waals surface area contributed by atoms with Crippen molar-refractivity contribution < 1.29 is 8.42 Å². The van der Waals surface area contributed by atoms with Crippen LogP contribution in [0.4, 0.5) is 5.69 Å². The van der Waals surface area contributed by atoms with Crippen molar-refractivity contribution in [3.8, 4) is 0 Å². The lowest BCUT2D eigenvalue weighted by atomic mass is 10.3. The Morgan fingerprint density at radius 2 is 2.17 bits per heavy atom. The summed E-state index contributed by atoms with van der Waals surface area (Å²) >= 11 is 1.53. The number of hydrogen-bond acceptors (Lipinski definition) is 4. The predicted molar refractivity (Wildman–Crippen MR) is 76.2 cm³/mol. The fraction of sp³-hybridized carbons (Fsp3) is 0.500. The SMILES string of the molecule is CN(C1CC1)S(=O)(=O)CCSc1cccc(N)c1. The Morgan fingerprint density at radius 1 is 1.44 bits per heavy atom. The zero-order valence-electron chi connectivity index (χ0n) is 10.4. The summed E-state index contributed by atoms with van der Waals surface area (Å²) in [5.41, 5.74) is 6.38. The Hall–Kier alpha value is -0.720. The van der Waals surface area contributed by atoms with Gasteiger partial charge in [-0.15, -0.1) is 11.8 Å². The van der Waals surface area contributed by atoms with Gasteiger partial charge in [-0.2, -0.15) is 0 Å². The minimum Gasteiger partial charge on any atom is -0.399 e. The van der Waals surface area contributed by atoms with Crippen LogP contribution in [0.15, 0.2) is 29.2 Å². The first-order valence-electron chi connectivity index (χ1n) is 5.93. The van der Waals surface area contributed by atoms with Gasteiger partial charge in [-0.05, 0) is 31.0 Å². The van der Waals surface area contributed by atoms with Crippen LogP contribution in [-0.2, 0) is 10.0 Å². The molecule has 0 saturated heterocycles. The van der Waals surface area contributed by atoms with Crippen molar-refractivity contribution in [1.29, 1.82) is 0 Å². The van der Waals surface area contributed by atoms with E-state index in [2.05, 4.69) is 0 Å². The Morgan fingerprint density at radius 3 is 2.78 bits per heavy atom. The number of hydrogen-bond donors (Lipinski definition) is 1. The Bertz CT molecular complexity index is 513. The fourth-order valence-corrected chi connectivity index (χ4v) is 4.44. The molecular weight excluding hydrogens is 268 g/mol. The Balaban J connectivity index is 1.84. The Kier molecular flexibility index (Phi) is 4.19. The largest absolute Gasteiger partial charge is 0.399 e. The van der Waals surface area contributed by atoms with Gasteiger partial charge in [0, 0.05) is 29.4 Å². The van der Waals surface area contributed by atoms with E-state index in [9.17, 15) is 8.42 Å². The van der Waals surface area contributed by atoms with Crippen molar-refractivity contribution >= 4 is 27.5 Å². The second-order valence-corrected chi connectivity index (χ2v) is 7.80. The van der Waals surface area contributed by atoms with Crippen LogP contribution in [0.25, 0.3) is 0 Å². The summed E-state index contributed by atoms with van der Waals surface area (Å²) in [5.74, 6) is 0.738. The molecule has 0 spiro atoms. The van der Waals surface area contributed by atoms with Crippen LogP contribution in [-0.4, -0.2) is 37.3 Å². The van der Waals surface area contributed by atoms with Gasteiger partial charge in [0.15, 0.2) is 0 Å². The van der Waals surface area contributed by atoms with Crippen LogP contribution in [0, 0.1) is 0 Å². The van der Waals surface area contributed by atoms with E-state index in [0.29, 0.717) is 11.4 Å². The number of rotatable bonds is 6. The van der Waals surface area contributed by atoms with Crippen molar-refractivity contribution in [3.05, 3.63) is 24.3 Å². The summed E-state index contributed by atoms with van der Waals surface area (Å²) in [4.78, 5) is 1.01. The number of nitrogens with two attached hydrogens (primary N) is 1. The van der Waals surface area contributed by atoms with E-state index < -0.39 is 10.0 Å². The highest BCUT2D eigenvalue weighted by Crippen LogP contribution is 2.28. The smallest absolute Gasteiger partial charge is 0.214 e. The molecule has 0 heterocycles. The van der Waals surface area contributed by atoms with Gasteiger partial charge in [0.25, 0.3) is 0 Å². The first-order valence-corrected chi connectivity index (χ1v) is 8.52. The maximum Gasteiger partial charge on any atom is 0.214 e. The minimum absolute atomic E-state index is 0.180. The average molecular weight is 286 g/mol. The van der Waals surface area contributed by atoms with Crippen LogP contribution in [0.1, 0.15) is 12.8 Å². The number of anilines is 1. The molecule has 4 nitrogen and oxygen atoms in total. The molecule has 18 heavy (non-hydrogen) atoms. The van der Waals surface area contributed by atoms with Crippen molar-refractivity contribution in [2.45, 2.75) is 23.8 Å². The average Bonchev–Trinajstić information content (AvgIpc) is 3.11. The monoisotopic (exact) mass is 286 g/mol. The van der Waals surface area contributed by atoms with Crippen LogP contribution in [0.3, 0.4) is 0 Å². The summed E-state index contributed by atoms with van der Waals surface area (Å²) < 4.78 is 25.4. The minimum atomic E-state index is -3.10. The van der Waals surface area contributed by atoms with Gasteiger partial charge in [0.1, 0.15) is 0 Å². The maximum absolute atomic E-state index is 12.0. The Labute approximate surface area is 113 Å². The van der Waals surface area contributed by atoms with E-state index in [0.717, 1.165) is 17.7 Å². The fourth-order valence-electron chi connectivity index (χ4n) is 1.68. The quantitative estimate of drug-likeness (QED) is 0.639. The molecular formula is C12H18N2O2S2.